The number of fused-ring (bicyclic) bond motifs is 3. The summed E-state index contributed by atoms with van der Waals surface area (Å²) in [4.78, 5) is 0. The second-order valence-corrected chi connectivity index (χ2v) is 16.2. The van der Waals surface area contributed by atoms with Gasteiger partial charge < -0.3 is 8.97 Å². The third-order valence-electron chi connectivity index (χ3n) is 12.0. The van der Waals surface area contributed by atoms with Gasteiger partial charge in [0.25, 0.3) is 0 Å². The van der Waals surface area contributed by atoms with Crippen molar-refractivity contribution in [2.45, 2.75) is 130 Å². The Morgan fingerprint density at radius 2 is 0.800 bits per heavy atom. The Kier molecular flexibility index (Phi) is 13.4. The molecule has 3 aliphatic rings. The molecule has 5 heterocycles. The standard InChI is InChI=1S/C44H68N6/c1-3-5-7-9-11-13-23-45-25-27-47(39-45)35-41-15-19-43(20-16-41)37-49-29-32-50(33-30-49,34-31-49)38-44-21-17-42(18-22-44)36-48-28-26-46(40-48)24-14-12-10-8-6-4-2/h15-22,25-28,39-40H,3-14,23-24,29-38H2,1-2H3/q+4. The first-order valence-corrected chi connectivity index (χ1v) is 20.5. The van der Waals surface area contributed by atoms with Gasteiger partial charge in [-0.25, -0.2) is 18.3 Å². The van der Waals surface area contributed by atoms with Gasteiger partial charge in [-0.05, 0) is 36.8 Å². The number of unbranched alkanes of at least 4 members (excludes halogenated alkanes) is 10. The van der Waals surface area contributed by atoms with Crippen molar-refractivity contribution in [1.29, 1.82) is 0 Å². The molecule has 2 aromatic heterocycles. The second-order valence-electron chi connectivity index (χ2n) is 16.2. The van der Waals surface area contributed by atoms with Crippen molar-refractivity contribution in [2.75, 3.05) is 39.3 Å². The van der Waals surface area contributed by atoms with Gasteiger partial charge >= 0.3 is 0 Å². The van der Waals surface area contributed by atoms with Crippen LogP contribution in [0.1, 0.15) is 113 Å². The quantitative estimate of drug-likeness (QED) is 0.0455. The molecule has 0 unspecified atom stereocenters. The molecule has 6 nitrogen and oxygen atoms in total. The van der Waals surface area contributed by atoms with Gasteiger partial charge in [-0.15, -0.1) is 0 Å². The fourth-order valence-electron chi connectivity index (χ4n) is 8.59. The van der Waals surface area contributed by atoms with Gasteiger partial charge in [-0.1, -0.05) is 114 Å². The SMILES string of the molecule is CCCCCCCCn1cc[n+](Cc2ccc(C[N+]34CC[N+](Cc5ccc(C[n+]6ccn(CCCCCCCC)c6)cc5)(CC3)CC4)cc2)c1. The molecule has 3 aliphatic heterocycles. The highest BCUT2D eigenvalue weighted by atomic mass is 15.5. The first-order chi connectivity index (χ1) is 24.5. The number of quaternary nitrogens is 2. The molecular formula is C44H68N6+4. The van der Waals surface area contributed by atoms with E-state index in [2.05, 4.69) is 118 Å². The molecule has 3 saturated heterocycles. The minimum absolute atomic E-state index is 0.955. The summed E-state index contributed by atoms with van der Waals surface area (Å²) >= 11 is 0. The van der Waals surface area contributed by atoms with E-state index < -0.39 is 0 Å². The highest BCUT2D eigenvalue weighted by Crippen LogP contribution is 2.31. The van der Waals surface area contributed by atoms with Crippen molar-refractivity contribution in [3.8, 4) is 0 Å². The van der Waals surface area contributed by atoms with Gasteiger partial charge in [0, 0.05) is 11.1 Å². The van der Waals surface area contributed by atoms with Crippen molar-refractivity contribution in [3.05, 3.63) is 108 Å². The smallest absolute Gasteiger partial charge is 0.244 e. The van der Waals surface area contributed by atoms with Crippen LogP contribution >= 0.6 is 0 Å². The Morgan fingerprint density at radius 3 is 1.18 bits per heavy atom. The van der Waals surface area contributed by atoms with Gasteiger partial charge in [0.15, 0.2) is 0 Å². The Labute approximate surface area is 304 Å². The molecule has 0 atom stereocenters. The first kappa shape index (κ1) is 36.6. The van der Waals surface area contributed by atoms with Crippen molar-refractivity contribution in [3.63, 3.8) is 0 Å². The number of piperazine rings is 3. The number of imidazole rings is 2. The molecule has 2 bridgehead atoms. The summed E-state index contributed by atoms with van der Waals surface area (Å²) in [6.07, 6.45) is 29.8. The van der Waals surface area contributed by atoms with Crippen LogP contribution in [0.3, 0.4) is 0 Å². The van der Waals surface area contributed by atoms with E-state index in [1.54, 1.807) is 0 Å². The molecule has 0 radical (unpaired) electrons. The monoisotopic (exact) mass is 681 g/mol. The summed E-state index contributed by atoms with van der Waals surface area (Å²) in [7, 11) is 0. The maximum absolute atomic E-state index is 2.41. The van der Waals surface area contributed by atoms with E-state index in [0.717, 1.165) is 26.2 Å². The fraction of sp³-hybridized carbons (Fsp3) is 0.591. The highest BCUT2D eigenvalue weighted by Gasteiger charge is 2.48. The topological polar surface area (TPSA) is 17.6 Å². The lowest BCUT2D eigenvalue weighted by Crippen LogP contribution is -2.74. The summed E-state index contributed by atoms with van der Waals surface area (Å²) in [6, 6.07) is 19.1. The molecule has 0 amide bonds. The molecule has 0 saturated carbocycles. The molecular weight excluding hydrogens is 613 g/mol. The van der Waals surface area contributed by atoms with Gasteiger partial charge in [0.1, 0.15) is 90.2 Å². The summed E-state index contributed by atoms with van der Waals surface area (Å²) < 4.78 is 12.0. The lowest BCUT2D eigenvalue weighted by atomic mass is 10.0. The largest absolute Gasteiger partial charge is 0.306 e. The number of aryl methyl sites for hydroxylation is 2. The summed E-state index contributed by atoms with van der Waals surface area (Å²) in [5.74, 6) is 0. The van der Waals surface area contributed by atoms with E-state index in [9.17, 15) is 0 Å². The van der Waals surface area contributed by atoms with E-state index in [0.29, 0.717) is 0 Å². The summed E-state index contributed by atoms with van der Waals surface area (Å²) in [5, 5.41) is 0. The summed E-state index contributed by atoms with van der Waals surface area (Å²) in [6.45, 7) is 19.0. The fourth-order valence-corrected chi connectivity index (χ4v) is 8.59. The predicted octanol–water partition coefficient (Wildman–Crippen LogP) is 8.04. The van der Waals surface area contributed by atoms with Crippen LogP contribution in [0.15, 0.2) is 86.0 Å². The van der Waals surface area contributed by atoms with Crippen molar-refractivity contribution in [1.82, 2.24) is 9.13 Å². The van der Waals surface area contributed by atoms with Crippen LogP contribution in [0, 0.1) is 0 Å². The van der Waals surface area contributed by atoms with Crippen LogP contribution in [0.2, 0.25) is 0 Å². The molecule has 0 N–H and O–H groups in total. The normalized spacial score (nSPS) is 20.1. The summed E-state index contributed by atoms with van der Waals surface area (Å²) in [5.41, 5.74) is 5.81. The maximum Gasteiger partial charge on any atom is 0.244 e. The number of rotatable bonds is 22. The number of hydrogen-bond acceptors (Lipinski definition) is 0. The minimum atomic E-state index is 0.955. The van der Waals surface area contributed by atoms with Crippen LogP contribution in [-0.4, -0.2) is 57.4 Å². The van der Waals surface area contributed by atoms with Gasteiger partial charge in [0.2, 0.25) is 12.7 Å². The average molecular weight is 681 g/mol. The lowest BCUT2D eigenvalue weighted by Gasteiger charge is -2.55. The Hall–Kier alpha value is -3.22. The van der Waals surface area contributed by atoms with E-state index in [4.69, 9.17) is 0 Å². The molecule has 7 rings (SSSR count). The molecule has 270 valence electrons. The molecule has 4 aromatic rings. The van der Waals surface area contributed by atoms with Crippen LogP contribution in [-0.2, 0) is 39.3 Å². The molecule has 3 fully saturated rings. The zero-order chi connectivity index (χ0) is 34.5. The third kappa shape index (κ3) is 10.6. The zero-order valence-corrected chi connectivity index (χ0v) is 31.7. The van der Waals surface area contributed by atoms with Crippen molar-refractivity contribution in [2.24, 2.45) is 0 Å². The molecule has 6 heteroatoms. The van der Waals surface area contributed by atoms with Crippen LogP contribution in [0.5, 0.6) is 0 Å². The number of nitrogens with zero attached hydrogens (tertiary/aromatic N) is 6. The van der Waals surface area contributed by atoms with Gasteiger partial charge in [0.05, 0.1) is 13.1 Å². The Bertz CT molecular complexity index is 1410. The lowest BCUT2D eigenvalue weighted by molar-refractivity contribution is -1.09. The molecule has 50 heavy (non-hydrogen) atoms. The molecule has 0 aliphatic carbocycles. The van der Waals surface area contributed by atoms with Gasteiger partial charge in [-0.3, -0.25) is 0 Å². The minimum Gasteiger partial charge on any atom is -0.306 e. The average Bonchev–Trinajstić information content (AvgIpc) is 3.79. The van der Waals surface area contributed by atoms with E-state index >= 15 is 0 Å². The Balaban J connectivity index is 0.912. The van der Waals surface area contributed by atoms with Crippen LogP contribution in [0.4, 0.5) is 0 Å². The third-order valence-corrected chi connectivity index (χ3v) is 12.0. The van der Waals surface area contributed by atoms with Crippen molar-refractivity contribution < 1.29 is 18.1 Å². The van der Waals surface area contributed by atoms with E-state index in [1.807, 2.05) is 0 Å². The predicted molar refractivity (Wildman–Crippen MR) is 204 cm³/mol. The molecule has 0 spiro atoms. The number of aromatic nitrogens is 4. The first-order valence-electron chi connectivity index (χ1n) is 20.5. The van der Waals surface area contributed by atoms with Crippen molar-refractivity contribution >= 4 is 0 Å². The zero-order valence-electron chi connectivity index (χ0n) is 31.7. The second kappa shape index (κ2) is 18.3. The van der Waals surface area contributed by atoms with Gasteiger partial charge in [-0.2, -0.15) is 0 Å². The highest BCUT2D eigenvalue weighted by molar-refractivity contribution is 5.22. The Morgan fingerprint density at radius 1 is 0.460 bits per heavy atom. The van der Waals surface area contributed by atoms with E-state index in [-0.39, 0.29) is 0 Å². The van der Waals surface area contributed by atoms with Crippen LogP contribution in [0.25, 0.3) is 0 Å². The number of benzene rings is 2. The van der Waals surface area contributed by atoms with Crippen LogP contribution < -0.4 is 9.13 Å². The van der Waals surface area contributed by atoms with E-state index in [1.165, 1.54) is 161 Å². The number of hydrogen-bond donors (Lipinski definition) is 0. The maximum atomic E-state index is 2.41. The molecule has 2 aromatic carbocycles.